The molecule has 0 spiro atoms. The average Bonchev–Trinajstić information content (AvgIpc) is 2.38. The molecule has 0 fully saturated rings. The number of nitrogens with one attached hydrogen (secondary N) is 1. The maximum absolute atomic E-state index is 11.6. The Morgan fingerprint density at radius 1 is 1.25 bits per heavy atom. The molecule has 0 aromatic heterocycles. The second kappa shape index (κ2) is 7.98. The first-order valence-corrected chi connectivity index (χ1v) is 7.98. The van der Waals surface area contributed by atoms with Crippen molar-refractivity contribution in [3.05, 3.63) is 24.3 Å². The molecule has 0 saturated carbocycles. The van der Waals surface area contributed by atoms with Gasteiger partial charge in [0.25, 0.3) is 0 Å². The lowest BCUT2D eigenvalue weighted by molar-refractivity contribution is -0.117. The standard InChI is InChI=1S/C13H20N2O4S/c1-2-3-9-19-10-8-13(16)15-11-4-6-12(7-5-11)20(14,17)18/h4-7H,2-3,8-10H2,1H3,(H,15,16)(H2,14,17,18). The van der Waals surface area contributed by atoms with Gasteiger partial charge in [-0.1, -0.05) is 13.3 Å². The molecule has 112 valence electrons. The van der Waals surface area contributed by atoms with E-state index in [0.29, 0.717) is 18.9 Å². The van der Waals surface area contributed by atoms with Gasteiger partial charge in [0.2, 0.25) is 15.9 Å². The number of hydrogen-bond acceptors (Lipinski definition) is 4. The molecule has 1 aromatic rings. The number of rotatable bonds is 8. The number of sulfonamides is 1. The van der Waals surface area contributed by atoms with E-state index in [-0.39, 0.29) is 17.2 Å². The fraction of sp³-hybridized carbons (Fsp3) is 0.462. The summed E-state index contributed by atoms with van der Waals surface area (Å²) in [5.74, 6) is -0.176. The average molecular weight is 300 g/mol. The topological polar surface area (TPSA) is 98.5 Å². The lowest BCUT2D eigenvalue weighted by Crippen LogP contribution is -2.15. The van der Waals surface area contributed by atoms with Gasteiger partial charge in [-0.3, -0.25) is 4.79 Å². The highest BCUT2D eigenvalue weighted by molar-refractivity contribution is 7.89. The Labute approximate surface area is 119 Å². The predicted octanol–water partition coefficient (Wildman–Crippen LogP) is 1.48. The number of carbonyl (C=O) groups is 1. The Morgan fingerprint density at radius 2 is 1.90 bits per heavy atom. The Balaban J connectivity index is 2.39. The number of hydrogen-bond donors (Lipinski definition) is 2. The van der Waals surface area contributed by atoms with E-state index in [4.69, 9.17) is 9.88 Å². The van der Waals surface area contributed by atoms with Gasteiger partial charge in [0.15, 0.2) is 0 Å². The summed E-state index contributed by atoms with van der Waals surface area (Å²) in [6, 6.07) is 5.69. The lowest BCUT2D eigenvalue weighted by atomic mass is 10.3. The molecule has 0 saturated heterocycles. The Morgan fingerprint density at radius 3 is 2.45 bits per heavy atom. The first-order chi connectivity index (χ1) is 9.43. The van der Waals surface area contributed by atoms with Crippen LogP contribution < -0.4 is 10.5 Å². The van der Waals surface area contributed by atoms with E-state index in [0.717, 1.165) is 12.8 Å². The van der Waals surface area contributed by atoms with Crippen molar-refractivity contribution >= 4 is 21.6 Å². The van der Waals surface area contributed by atoms with E-state index < -0.39 is 10.0 Å². The van der Waals surface area contributed by atoms with Crippen LogP contribution in [0.15, 0.2) is 29.2 Å². The Hall–Kier alpha value is -1.44. The van der Waals surface area contributed by atoms with E-state index in [1.54, 1.807) is 0 Å². The van der Waals surface area contributed by atoms with Crippen molar-refractivity contribution in [2.45, 2.75) is 31.1 Å². The van der Waals surface area contributed by atoms with Crippen molar-refractivity contribution in [2.24, 2.45) is 5.14 Å². The zero-order valence-electron chi connectivity index (χ0n) is 11.5. The van der Waals surface area contributed by atoms with Gasteiger partial charge in [-0.2, -0.15) is 0 Å². The molecule has 1 aromatic carbocycles. The number of ether oxygens (including phenoxy) is 1. The molecular formula is C13H20N2O4S. The van der Waals surface area contributed by atoms with Crippen LogP contribution in [0.5, 0.6) is 0 Å². The highest BCUT2D eigenvalue weighted by Gasteiger charge is 2.08. The minimum absolute atomic E-state index is 0.0124. The van der Waals surface area contributed by atoms with Crippen molar-refractivity contribution in [1.29, 1.82) is 0 Å². The molecule has 20 heavy (non-hydrogen) atoms. The summed E-state index contributed by atoms with van der Waals surface area (Å²) in [6.07, 6.45) is 2.31. The highest BCUT2D eigenvalue weighted by atomic mass is 32.2. The SMILES string of the molecule is CCCCOCCC(=O)Nc1ccc(S(N)(=O)=O)cc1. The Kier molecular flexibility index (Phi) is 6.63. The molecule has 6 nitrogen and oxygen atoms in total. The van der Waals surface area contributed by atoms with Gasteiger partial charge in [0.05, 0.1) is 17.9 Å². The number of nitrogens with two attached hydrogens (primary N) is 1. The second-order valence-corrected chi connectivity index (χ2v) is 5.89. The molecule has 1 rings (SSSR count). The number of carbonyl (C=O) groups excluding carboxylic acids is 1. The normalized spacial score (nSPS) is 11.3. The van der Waals surface area contributed by atoms with Crippen LogP contribution in [-0.4, -0.2) is 27.5 Å². The monoisotopic (exact) mass is 300 g/mol. The number of unbranched alkanes of at least 4 members (excludes halogenated alkanes) is 1. The van der Waals surface area contributed by atoms with Crippen LogP contribution in [0.4, 0.5) is 5.69 Å². The van der Waals surface area contributed by atoms with E-state index >= 15 is 0 Å². The van der Waals surface area contributed by atoms with Crippen LogP contribution in [-0.2, 0) is 19.6 Å². The molecule has 3 N–H and O–H groups in total. The van der Waals surface area contributed by atoms with Gasteiger partial charge in [-0.15, -0.1) is 0 Å². The van der Waals surface area contributed by atoms with E-state index in [2.05, 4.69) is 12.2 Å². The van der Waals surface area contributed by atoms with E-state index in [1.165, 1.54) is 24.3 Å². The van der Waals surface area contributed by atoms with Crippen LogP contribution in [0.1, 0.15) is 26.2 Å². The predicted molar refractivity (Wildman–Crippen MR) is 76.8 cm³/mol. The number of primary sulfonamides is 1. The van der Waals surface area contributed by atoms with Crippen molar-refractivity contribution in [3.8, 4) is 0 Å². The van der Waals surface area contributed by atoms with Crippen molar-refractivity contribution < 1.29 is 17.9 Å². The summed E-state index contributed by atoms with van der Waals surface area (Å²) in [6.45, 7) is 3.11. The molecule has 0 unspecified atom stereocenters. The van der Waals surface area contributed by atoms with Gasteiger partial charge >= 0.3 is 0 Å². The van der Waals surface area contributed by atoms with Gasteiger partial charge in [0.1, 0.15) is 0 Å². The minimum Gasteiger partial charge on any atom is -0.381 e. The lowest BCUT2D eigenvalue weighted by Gasteiger charge is -2.06. The number of amides is 1. The van der Waals surface area contributed by atoms with Gasteiger partial charge in [0, 0.05) is 12.3 Å². The van der Waals surface area contributed by atoms with Crippen LogP contribution in [0, 0.1) is 0 Å². The van der Waals surface area contributed by atoms with Gasteiger partial charge in [-0.05, 0) is 30.7 Å². The molecular weight excluding hydrogens is 280 g/mol. The fourth-order valence-corrected chi connectivity index (χ4v) is 1.98. The van der Waals surface area contributed by atoms with Crippen molar-refractivity contribution in [3.63, 3.8) is 0 Å². The second-order valence-electron chi connectivity index (χ2n) is 4.33. The molecule has 0 bridgehead atoms. The van der Waals surface area contributed by atoms with Crippen LogP contribution in [0.3, 0.4) is 0 Å². The Bertz CT molecular complexity index is 526. The molecule has 0 aliphatic heterocycles. The van der Waals surface area contributed by atoms with E-state index in [9.17, 15) is 13.2 Å². The first-order valence-electron chi connectivity index (χ1n) is 6.44. The van der Waals surface area contributed by atoms with Crippen molar-refractivity contribution in [2.75, 3.05) is 18.5 Å². The zero-order valence-corrected chi connectivity index (χ0v) is 12.3. The fourth-order valence-electron chi connectivity index (χ4n) is 1.46. The summed E-state index contributed by atoms with van der Waals surface area (Å²) in [7, 11) is -3.70. The summed E-state index contributed by atoms with van der Waals surface area (Å²) in [5, 5.41) is 7.64. The number of benzene rings is 1. The molecule has 0 atom stereocenters. The molecule has 0 radical (unpaired) electrons. The molecule has 0 aliphatic carbocycles. The molecule has 0 aliphatic rings. The number of anilines is 1. The van der Waals surface area contributed by atoms with Crippen LogP contribution in [0.2, 0.25) is 0 Å². The van der Waals surface area contributed by atoms with Crippen LogP contribution >= 0.6 is 0 Å². The molecule has 7 heteroatoms. The van der Waals surface area contributed by atoms with Crippen LogP contribution in [0.25, 0.3) is 0 Å². The third-order valence-electron chi connectivity index (χ3n) is 2.58. The highest BCUT2D eigenvalue weighted by Crippen LogP contribution is 2.12. The molecule has 0 heterocycles. The summed E-state index contributed by atoms with van der Waals surface area (Å²) in [5.41, 5.74) is 0.524. The van der Waals surface area contributed by atoms with Crippen molar-refractivity contribution in [1.82, 2.24) is 0 Å². The summed E-state index contributed by atoms with van der Waals surface area (Å²) >= 11 is 0. The molecule has 1 amide bonds. The maximum Gasteiger partial charge on any atom is 0.238 e. The maximum atomic E-state index is 11.6. The summed E-state index contributed by atoms with van der Waals surface area (Å²) in [4.78, 5) is 11.6. The third kappa shape index (κ3) is 6.14. The van der Waals surface area contributed by atoms with E-state index in [1.807, 2.05) is 0 Å². The quantitative estimate of drug-likeness (QED) is 0.710. The largest absolute Gasteiger partial charge is 0.381 e. The summed E-state index contributed by atoms with van der Waals surface area (Å²) < 4.78 is 27.4. The first kappa shape index (κ1) is 16.6. The zero-order chi connectivity index (χ0) is 15.0. The minimum atomic E-state index is -3.70. The third-order valence-corrected chi connectivity index (χ3v) is 3.51. The van der Waals surface area contributed by atoms with Gasteiger partial charge in [-0.25, -0.2) is 13.6 Å². The van der Waals surface area contributed by atoms with Gasteiger partial charge < -0.3 is 10.1 Å². The smallest absolute Gasteiger partial charge is 0.238 e.